The Kier molecular flexibility index (Phi) is 8.43. The number of amides is 1. The SMILES string of the molecule is CCOc1ccc([C@H]2C(C(=O)c3cccs3)=C(O)C(=O)N2CCCN2CCOCC2)cc1OCC. The molecule has 1 aromatic carbocycles. The summed E-state index contributed by atoms with van der Waals surface area (Å²) in [7, 11) is 0. The summed E-state index contributed by atoms with van der Waals surface area (Å²) in [6, 6.07) is 8.22. The lowest BCUT2D eigenvalue weighted by molar-refractivity contribution is -0.129. The number of hydrogen-bond acceptors (Lipinski definition) is 8. The van der Waals surface area contributed by atoms with Gasteiger partial charge in [-0.3, -0.25) is 14.5 Å². The molecular weight excluding hydrogens is 468 g/mol. The number of ether oxygens (including phenoxy) is 3. The van der Waals surface area contributed by atoms with Crippen LogP contribution in [-0.2, 0) is 9.53 Å². The molecule has 3 heterocycles. The van der Waals surface area contributed by atoms with E-state index in [-0.39, 0.29) is 11.4 Å². The third kappa shape index (κ3) is 5.52. The number of ketones is 1. The third-order valence-corrected chi connectivity index (χ3v) is 7.02. The van der Waals surface area contributed by atoms with Gasteiger partial charge in [-0.2, -0.15) is 0 Å². The van der Waals surface area contributed by atoms with E-state index in [9.17, 15) is 14.7 Å². The van der Waals surface area contributed by atoms with Gasteiger partial charge >= 0.3 is 0 Å². The van der Waals surface area contributed by atoms with Crippen molar-refractivity contribution in [3.8, 4) is 11.5 Å². The smallest absolute Gasteiger partial charge is 0.290 e. The number of hydrogen-bond donors (Lipinski definition) is 1. The maximum absolute atomic E-state index is 13.4. The first-order chi connectivity index (χ1) is 17.0. The quantitative estimate of drug-likeness (QED) is 0.469. The second-order valence-electron chi connectivity index (χ2n) is 8.35. The summed E-state index contributed by atoms with van der Waals surface area (Å²) in [6.07, 6.45) is 0.714. The van der Waals surface area contributed by atoms with Gasteiger partial charge in [0.2, 0.25) is 5.78 Å². The van der Waals surface area contributed by atoms with Crippen molar-refractivity contribution >= 4 is 23.0 Å². The molecule has 1 fully saturated rings. The van der Waals surface area contributed by atoms with Crippen molar-refractivity contribution in [3.05, 3.63) is 57.5 Å². The first kappa shape index (κ1) is 25.2. The lowest BCUT2D eigenvalue weighted by Gasteiger charge is -2.30. The van der Waals surface area contributed by atoms with Crippen LogP contribution in [0.1, 0.15) is 41.5 Å². The van der Waals surface area contributed by atoms with Crippen molar-refractivity contribution in [2.24, 2.45) is 0 Å². The molecule has 0 aliphatic carbocycles. The van der Waals surface area contributed by atoms with E-state index in [0.717, 1.165) is 19.6 Å². The number of benzene rings is 1. The molecule has 9 heteroatoms. The number of Topliss-reactive ketones (excluding diaryl/α,β-unsaturated/α-hetero) is 1. The van der Waals surface area contributed by atoms with E-state index in [1.165, 1.54) is 11.3 Å². The van der Waals surface area contributed by atoms with Gasteiger partial charge in [-0.15, -0.1) is 11.3 Å². The number of carbonyl (C=O) groups excluding carboxylic acids is 2. The van der Waals surface area contributed by atoms with Crippen LogP contribution in [0, 0.1) is 0 Å². The van der Waals surface area contributed by atoms with Gasteiger partial charge < -0.3 is 24.2 Å². The van der Waals surface area contributed by atoms with E-state index in [1.54, 1.807) is 28.5 Å². The lowest BCUT2D eigenvalue weighted by atomic mass is 9.95. The number of carbonyl (C=O) groups is 2. The van der Waals surface area contributed by atoms with E-state index in [1.807, 2.05) is 26.0 Å². The summed E-state index contributed by atoms with van der Waals surface area (Å²) in [6.45, 7) is 9.06. The Morgan fingerprint density at radius 1 is 1.11 bits per heavy atom. The van der Waals surface area contributed by atoms with Gasteiger partial charge in [0.25, 0.3) is 5.91 Å². The van der Waals surface area contributed by atoms with E-state index in [0.29, 0.717) is 61.3 Å². The Labute approximate surface area is 209 Å². The maximum Gasteiger partial charge on any atom is 0.290 e. The summed E-state index contributed by atoms with van der Waals surface area (Å²) in [4.78, 5) is 31.0. The molecule has 1 saturated heterocycles. The monoisotopic (exact) mass is 500 g/mol. The molecule has 8 nitrogen and oxygen atoms in total. The minimum absolute atomic E-state index is 0.107. The second kappa shape index (κ2) is 11.7. The van der Waals surface area contributed by atoms with Gasteiger partial charge in [0.1, 0.15) is 0 Å². The minimum Gasteiger partial charge on any atom is -0.503 e. The Hall–Kier alpha value is -2.88. The molecule has 0 saturated carbocycles. The minimum atomic E-state index is -0.711. The van der Waals surface area contributed by atoms with Crippen LogP contribution in [0.2, 0.25) is 0 Å². The Morgan fingerprint density at radius 3 is 2.54 bits per heavy atom. The van der Waals surface area contributed by atoms with Crippen molar-refractivity contribution < 1.29 is 28.9 Å². The molecule has 0 bridgehead atoms. The fourth-order valence-electron chi connectivity index (χ4n) is 4.53. The zero-order valence-corrected chi connectivity index (χ0v) is 21.0. The van der Waals surface area contributed by atoms with Gasteiger partial charge in [-0.1, -0.05) is 12.1 Å². The molecule has 0 radical (unpaired) electrons. The van der Waals surface area contributed by atoms with Crippen LogP contribution >= 0.6 is 11.3 Å². The highest BCUT2D eigenvalue weighted by Gasteiger charge is 2.44. The number of rotatable bonds is 11. The van der Waals surface area contributed by atoms with E-state index < -0.39 is 17.7 Å². The van der Waals surface area contributed by atoms with Gasteiger partial charge in [0.15, 0.2) is 17.3 Å². The largest absolute Gasteiger partial charge is 0.503 e. The Morgan fingerprint density at radius 2 is 1.86 bits per heavy atom. The molecule has 4 rings (SSSR count). The first-order valence-corrected chi connectivity index (χ1v) is 12.9. The normalized spacial score (nSPS) is 18.9. The van der Waals surface area contributed by atoms with Crippen LogP contribution in [0.5, 0.6) is 11.5 Å². The number of morpholine rings is 1. The molecule has 2 aromatic rings. The molecule has 35 heavy (non-hydrogen) atoms. The summed E-state index contributed by atoms with van der Waals surface area (Å²) >= 11 is 1.29. The predicted molar refractivity (Wildman–Crippen MR) is 133 cm³/mol. The third-order valence-electron chi connectivity index (χ3n) is 6.15. The van der Waals surface area contributed by atoms with Crippen molar-refractivity contribution in [3.63, 3.8) is 0 Å². The van der Waals surface area contributed by atoms with E-state index in [4.69, 9.17) is 14.2 Å². The van der Waals surface area contributed by atoms with Crippen LogP contribution in [0.4, 0.5) is 0 Å². The summed E-state index contributed by atoms with van der Waals surface area (Å²) in [5.41, 5.74) is 0.802. The maximum atomic E-state index is 13.4. The summed E-state index contributed by atoms with van der Waals surface area (Å²) in [5.74, 6) is -0.198. The van der Waals surface area contributed by atoms with Gasteiger partial charge in [-0.05, 0) is 49.4 Å². The number of aliphatic hydroxyl groups is 1. The average molecular weight is 501 g/mol. The summed E-state index contributed by atoms with van der Waals surface area (Å²) < 4.78 is 16.9. The van der Waals surface area contributed by atoms with Crippen molar-refractivity contribution in [1.82, 2.24) is 9.80 Å². The summed E-state index contributed by atoms with van der Waals surface area (Å²) in [5, 5.41) is 12.7. The topological polar surface area (TPSA) is 88.5 Å². The van der Waals surface area contributed by atoms with E-state index >= 15 is 0 Å². The molecule has 2 aliphatic rings. The molecule has 1 atom stereocenters. The molecule has 188 valence electrons. The standard InChI is InChI=1S/C26H32N2O6S/c1-3-33-19-9-8-18(17-20(19)34-4-2)23-22(24(29)21-7-5-16-35-21)25(30)26(31)28(23)11-6-10-27-12-14-32-15-13-27/h5,7-9,16-17,23,30H,3-4,6,10-15H2,1-2H3/t23-/m0/s1. The van der Waals surface area contributed by atoms with E-state index in [2.05, 4.69) is 4.90 Å². The fourth-order valence-corrected chi connectivity index (χ4v) is 5.21. The van der Waals surface area contributed by atoms with Gasteiger partial charge in [0.05, 0.1) is 42.9 Å². The highest BCUT2D eigenvalue weighted by Crippen LogP contribution is 2.42. The zero-order chi connectivity index (χ0) is 24.8. The fraction of sp³-hybridized carbons (Fsp3) is 0.462. The Balaban J connectivity index is 1.66. The van der Waals surface area contributed by atoms with Crippen LogP contribution in [0.15, 0.2) is 47.0 Å². The number of aliphatic hydroxyl groups excluding tert-OH is 1. The predicted octanol–water partition coefficient (Wildman–Crippen LogP) is 3.85. The molecule has 2 aliphatic heterocycles. The number of thiophene rings is 1. The lowest BCUT2D eigenvalue weighted by Crippen LogP contribution is -2.39. The van der Waals surface area contributed by atoms with Crippen molar-refractivity contribution in [2.45, 2.75) is 26.3 Å². The molecule has 0 unspecified atom stereocenters. The van der Waals surface area contributed by atoms with Gasteiger partial charge in [0, 0.05) is 26.2 Å². The average Bonchev–Trinajstić information content (AvgIpc) is 3.49. The highest BCUT2D eigenvalue weighted by atomic mass is 32.1. The van der Waals surface area contributed by atoms with Crippen LogP contribution in [0.3, 0.4) is 0 Å². The van der Waals surface area contributed by atoms with Crippen molar-refractivity contribution in [1.29, 1.82) is 0 Å². The second-order valence-corrected chi connectivity index (χ2v) is 9.30. The first-order valence-electron chi connectivity index (χ1n) is 12.1. The Bertz CT molecular complexity index is 1060. The van der Waals surface area contributed by atoms with Crippen LogP contribution in [-0.4, -0.2) is 79.2 Å². The van der Waals surface area contributed by atoms with Crippen LogP contribution in [0.25, 0.3) is 0 Å². The highest BCUT2D eigenvalue weighted by molar-refractivity contribution is 7.12. The molecular formula is C26H32N2O6S. The molecule has 1 aromatic heterocycles. The van der Waals surface area contributed by atoms with Crippen molar-refractivity contribution in [2.75, 3.05) is 52.6 Å². The molecule has 1 N–H and O–H groups in total. The number of nitrogens with zero attached hydrogens (tertiary/aromatic N) is 2. The van der Waals surface area contributed by atoms with Crippen LogP contribution < -0.4 is 9.47 Å². The van der Waals surface area contributed by atoms with Gasteiger partial charge in [-0.25, -0.2) is 0 Å². The molecule has 1 amide bonds. The zero-order valence-electron chi connectivity index (χ0n) is 20.2. The molecule has 0 spiro atoms.